The molecule has 1 aliphatic heterocycles. The van der Waals surface area contributed by atoms with Crippen molar-refractivity contribution in [3.05, 3.63) is 41.4 Å². The standard InChI is InChI=1S/C15H16F3N3OS/c1-19-20-14(23-2)21-9-7-11(8-10-21)22-13-6-4-3-5-12(13)15(16,17)18/h3-6,11H,7-10H2,2H3/b20-14-. The third-order valence-electron chi connectivity index (χ3n) is 3.52. The van der Waals surface area contributed by atoms with Gasteiger partial charge in [0, 0.05) is 25.9 Å². The van der Waals surface area contributed by atoms with Crippen molar-refractivity contribution >= 4 is 16.9 Å². The highest BCUT2D eigenvalue weighted by Crippen LogP contribution is 2.37. The largest absolute Gasteiger partial charge is 0.490 e. The molecule has 1 saturated heterocycles. The highest BCUT2D eigenvalue weighted by atomic mass is 32.2. The second-order valence-electron chi connectivity index (χ2n) is 4.98. The van der Waals surface area contributed by atoms with Gasteiger partial charge in [-0.25, -0.2) is 0 Å². The summed E-state index contributed by atoms with van der Waals surface area (Å²) in [6, 6.07) is 5.26. The van der Waals surface area contributed by atoms with Gasteiger partial charge < -0.3 is 9.64 Å². The van der Waals surface area contributed by atoms with E-state index in [-0.39, 0.29) is 11.9 Å². The molecule has 8 heteroatoms. The van der Waals surface area contributed by atoms with Crippen molar-refractivity contribution in [3.63, 3.8) is 0 Å². The van der Waals surface area contributed by atoms with Crippen LogP contribution in [0.25, 0.3) is 4.95 Å². The Balaban J connectivity index is 2.01. The van der Waals surface area contributed by atoms with Crippen molar-refractivity contribution in [2.75, 3.05) is 19.3 Å². The van der Waals surface area contributed by atoms with Crippen LogP contribution in [0.2, 0.25) is 0 Å². The Labute approximate surface area is 137 Å². The van der Waals surface area contributed by atoms with Crippen LogP contribution in [0.3, 0.4) is 0 Å². The van der Waals surface area contributed by atoms with Gasteiger partial charge in [-0.1, -0.05) is 23.9 Å². The van der Waals surface area contributed by atoms with Crippen LogP contribution in [0, 0.1) is 6.57 Å². The van der Waals surface area contributed by atoms with Crippen molar-refractivity contribution in [2.24, 2.45) is 5.10 Å². The molecule has 2 rings (SSSR count). The molecule has 0 amide bonds. The Morgan fingerprint density at radius 1 is 1.35 bits per heavy atom. The number of thioether (sulfide) groups is 1. The molecule has 23 heavy (non-hydrogen) atoms. The van der Waals surface area contributed by atoms with E-state index < -0.39 is 11.7 Å². The van der Waals surface area contributed by atoms with Gasteiger partial charge in [0.25, 0.3) is 0 Å². The molecule has 0 spiro atoms. The van der Waals surface area contributed by atoms with Gasteiger partial charge in [0.05, 0.1) is 5.56 Å². The maximum atomic E-state index is 13.0. The minimum atomic E-state index is -4.42. The van der Waals surface area contributed by atoms with Crippen molar-refractivity contribution in [3.8, 4) is 5.75 Å². The first-order chi connectivity index (χ1) is 11.0. The average molecular weight is 343 g/mol. The van der Waals surface area contributed by atoms with E-state index in [9.17, 15) is 13.2 Å². The Morgan fingerprint density at radius 2 is 2.00 bits per heavy atom. The summed E-state index contributed by atoms with van der Waals surface area (Å²) in [5.74, 6) is -0.127. The summed E-state index contributed by atoms with van der Waals surface area (Å²) in [4.78, 5) is 4.98. The lowest BCUT2D eigenvalue weighted by atomic mass is 10.1. The first-order valence-corrected chi connectivity index (χ1v) is 8.24. The number of nitrogens with zero attached hydrogens (tertiary/aromatic N) is 3. The van der Waals surface area contributed by atoms with Gasteiger partial charge in [-0.3, -0.25) is 0 Å². The van der Waals surface area contributed by atoms with E-state index in [0.717, 1.165) is 6.07 Å². The summed E-state index contributed by atoms with van der Waals surface area (Å²) >= 11 is 1.38. The number of piperidine rings is 1. The number of benzene rings is 1. The number of halogens is 3. The molecular weight excluding hydrogens is 327 g/mol. The number of hydrogen-bond donors (Lipinski definition) is 0. The Kier molecular flexibility index (Phi) is 5.77. The van der Waals surface area contributed by atoms with Gasteiger partial charge in [0.2, 0.25) is 5.17 Å². The number of para-hydroxylation sites is 1. The normalized spacial score (nSPS) is 17.0. The molecule has 0 unspecified atom stereocenters. The fourth-order valence-corrected chi connectivity index (χ4v) is 2.99. The molecule has 0 N–H and O–H groups in total. The highest BCUT2D eigenvalue weighted by molar-refractivity contribution is 8.13. The van der Waals surface area contributed by atoms with Gasteiger partial charge in [-0.2, -0.15) is 19.7 Å². The smallest absolute Gasteiger partial charge is 0.419 e. The van der Waals surface area contributed by atoms with Gasteiger partial charge in [0.1, 0.15) is 17.0 Å². The first kappa shape index (κ1) is 17.5. The molecule has 1 aromatic rings. The molecule has 0 saturated carbocycles. The highest BCUT2D eigenvalue weighted by Gasteiger charge is 2.35. The molecule has 1 aliphatic rings. The molecule has 4 nitrogen and oxygen atoms in total. The van der Waals surface area contributed by atoms with Gasteiger partial charge >= 0.3 is 6.18 Å². The molecule has 0 atom stereocenters. The predicted molar refractivity (Wildman–Crippen MR) is 84.2 cm³/mol. The zero-order valence-corrected chi connectivity index (χ0v) is 13.3. The minimum absolute atomic E-state index is 0.127. The fourth-order valence-electron chi connectivity index (χ4n) is 2.42. The SMILES string of the molecule is [C-]#[N+]/N=C(\SC)N1CCC(Oc2ccccc2C(F)(F)F)CC1. The van der Waals surface area contributed by atoms with Crippen molar-refractivity contribution < 1.29 is 17.9 Å². The lowest BCUT2D eigenvalue weighted by molar-refractivity contribution is -0.139. The third-order valence-corrected chi connectivity index (χ3v) is 4.22. The summed E-state index contributed by atoms with van der Waals surface area (Å²) in [6.45, 7) is 8.00. The van der Waals surface area contributed by atoms with Crippen molar-refractivity contribution in [1.82, 2.24) is 4.90 Å². The van der Waals surface area contributed by atoms with Crippen LogP contribution in [0.15, 0.2) is 29.4 Å². The van der Waals surface area contributed by atoms with Gasteiger partial charge in [-0.05, 0) is 18.4 Å². The van der Waals surface area contributed by atoms with Gasteiger partial charge in [0.15, 0.2) is 0 Å². The Morgan fingerprint density at radius 3 is 2.57 bits per heavy atom. The Bertz CT molecular complexity index is 605. The van der Waals surface area contributed by atoms with E-state index >= 15 is 0 Å². The zero-order valence-electron chi connectivity index (χ0n) is 12.5. The quantitative estimate of drug-likeness (QED) is 0.350. The maximum Gasteiger partial charge on any atom is 0.419 e. The second kappa shape index (κ2) is 7.59. The van der Waals surface area contributed by atoms with E-state index in [1.54, 1.807) is 0 Å². The van der Waals surface area contributed by atoms with E-state index in [1.807, 2.05) is 11.2 Å². The minimum Gasteiger partial charge on any atom is -0.490 e. The molecule has 1 fully saturated rings. The molecular formula is C15H16F3N3OS. The molecule has 1 heterocycles. The van der Waals surface area contributed by atoms with Crippen LogP contribution >= 0.6 is 11.8 Å². The number of likely N-dealkylation sites (tertiary alicyclic amines) is 1. The van der Waals surface area contributed by atoms with E-state index in [1.165, 1.54) is 30.0 Å². The fraction of sp³-hybridized carbons (Fsp3) is 0.467. The van der Waals surface area contributed by atoms with E-state index in [2.05, 4.69) is 10.1 Å². The Hall–Kier alpha value is -1.88. The van der Waals surface area contributed by atoms with Crippen molar-refractivity contribution in [1.29, 1.82) is 0 Å². The second-order valence-corrected chi connectivity index (χ2v) is 5.76. The summed E-state index contributed by atoms with van der Waals surface area (Å²) < 4.78 is 44.5. The third kappa shape index (κ3) is 4.55. The van der Waals surface area contributed by atoms with E-state index in [4.69, 9.17) is 11.3 Å². The number of rotatable bonds is 2. The topological polar surface area (TPSA) is 29.2 Å². The lowest BCUT2D eigenvalue weighted by Crippen LogP contribution is -2.40. The number of hydrogen-bond acceptors (Lipinski definition) is 3. The molecule has 0 radical (unpaired) electrons. The van der Waals surface area contributed by atoms with Crippen LogP contribution in [0.1, 0.15) is 18.4 Å². The molecule has 0 aromatic heterocycles. The number of ether oxygens (including phenoxy) is 1. The first-order valence-electron chi connectivity index (χ1n) is 7.02. The molecule has 1 aromatic carbocycles. The monoisotopic (exact) mass is 343 g/mol. The van der Waals surface area contributed by atoms with Crippen molar-refractivity contribution in [2.45, 2.75) is 25.1 Å². The number of alkyl halides is 3. The molecule has 0 aliphatic carbocycles. The summed E-state index contributed by atoms with van der Waals surface area (Å²) in [5, 5.41) is 4.36. The maximum absolute atomic E-state index is 13.0. The summed E-state index contributed by atoms with van der Waals surface area (Å²) in [6.07, 6.45) is -1.68. The van der Waals surface area contributed by atoms with Crippen LogP contribution < -0.4 is 4.74 Å². The summed E-state index contributed by atoms with van der Waals surface area (Å²) in [5.41, 5.74) is -0.748. The average Bonchev–Trinajstić information content (AvgIpc) is 2.53. The van der Waals surface area contributed by atoms with E-state index in [0.29, 0.717) is 31.1 Å². The van der Waals surface area contributed by atoms with Gasteiger partial charge in [-0.15, -0.1) is 4.95 Å². The van der Waals surface area contributed by atoms with Crippen LogP contribution in [-0.4, -0.2) is 35.5 Å². The predicted octanol–water partition coefficient (Wildman–Crippen LogP) is 4.10. The van der Waals surface area contributed by atoms with Crippen LogP contribution in [0.5, 0.6) is 5.75 Å². The van der Waals surface area contributed by atoms with Crippen LogP contribution in [-0.2, 0) is 6.18 Å². The van der Waals surface area contributed by atoms with Crippen LogP contribution in [0.4, 0.5) is 13.2 Å². The lowest BCUT2D eigenvalue weighted by Gasteiger charge is -2.32. The molecule has 124 valence electrons. The molecule has 0 bridgehead atoms. The zero-order chi connectivity index (χ0) is 16.9. The number of amidine groups is 1. The summed E-state index contributed by atoms with van der Waals surface area (Å²) in [7, 11) is 0.